The molecular formula is C8H20N2O. The number of hydrogen-bond acceptors (Lipinski definition) is 2. The van der Waals surface area contributed by atoms with Crippen molar-refractivity contribution in [2.75, 3.05) is 14.1 Å². The van der Waals surface area contributed by atoms with Gasteiger partial charge in [0.2, 0.25) is 0 Å². The molecule has 0 spiro atoms. The normalized spacial score (nSPS) is 40.6. The highest BCUT2D eigenvalue weighted by Gasteiger charge is 2.34. The summed E-state index contributed by atoms with van der Waals surface area (Å²) in [5.41, 5.74) is 0. The van der Waals surface area contributed by atoms with Gasteiger partial charge in [-0.3, -0.25) is 9.80 Å². The van der Waals surface area contributed by atoms with E-state index < -0.39 is 0 Å². The number of likely N-dealkylation sites (N-methyl/N-ethyl adjacent to an activating group) is 2. The summed E-state index contributed by atoms with van der Waals surface area (Å²) in [5.74, 6) is 0. The summed E-state index contributed by atoms with van der Waals surface area (Å²) in [6.45, 7) is 6.81. The van der Waals surface area contributed by atoms with Gasteiger partial charge in [0.1, 0.15) is 0 Å². The van der Waals surface area contributed by atoms with Crippen LogP contribution in [-0.4, -0.2) is 47.6 Å². The minimum atomic E-state index is 0. The summed E-state index contributed by atoms with van der Waals surface area (Å²) in [5, 5.41) is 0. The molecule has 3 heteroatoms. The van der Waals surface area contributed by atoms with Crippen LogP contribution in [0.15, 0.2) is 0 Å². The second-order valence-electron chi connectivity index (χ2n) is 3.44. The largest absolute Gasteiger partial charge is 0.412 e. The van der Waals surface area contributed by atoms with E-state index >= 15 is 0 Å². The molecule has 1 rings (SSSR count). The van der Waals surface area contributed by atoms with Crippen molar-refractivity contribution in [2.45, 2.75) is 39.0 Å². The number of rotatable bonds is 0. The molecule has 0 aromatic heterocycles. The van der Waals surface area contributed by atoms with Crippen LogP contribution in [0, 0.1) is 0 Å². The smallest absolute Gasteiger partial charge is 0.0594 e. The van der Waals surface area contributed by atoms with Gasteiger partial charge in [0.25, 0.3) is 0 Å². The third-order valence-electron chi connectivity index (χ3n) is 3.16. The van der Waals surface area contributed by atoms with Crippen molar-refractivity contribution >= 4 is 0 Å². The molecule has 3 nitrogen and oxygen atoms in total. The fourth-order valence-corrected chi connectivity index (χ4v) is 1.65. The lowest BCUT2D eigenvalue weighted by Gasteiger charge is -2.21. The Kier molecular flexibility index (Phi) is 3.48. The molecule has 0 saturated carbocycles. The van der Waals surface area contributed by atoms with Crippen LogP contribution in [-0.2, 0) is 0 Å². The van der Waals surface area contributed by atoms with Gasteiger partial charge in [-0.15, -0.1) is 0 Å². The molecule has 11 heavy (non-hydrogen) atoms. The highest BCUT2D eigenvalue weighted by atomic mass is 16.0. The lowest BCUT2D eigenvalue weighted by molar-refractivity contribution is 0.185. The zero-order valence-corrected chi connectivity index (χ0v) is 8.13. The summed E-state index contributed by atoms with van der Waals surface area (Å²) in [6, 6.07) is 1.39. The van der Waals surface area contributed by atoms with Crippen LogP contribution >= 0.6 is 0 Å². The molecule has 0 bridgehead atoms. The van der Waals surface area contributed by atoms with Crippen molar-refractivity contribution < 1.29 is 5.48 Å². The van der Waals surface area contributed by atoms with E-state index in [9.17, 15) is 0 Å². The standard InChI is InChI=1S/C8H18N2.H2O/c1-6-7(2)10(5)8(3)9(6)4;/h6-8H,1-5H3;1H2. The summed E-state index contributed by atoms with van der Waals surface area (Å²) >= 11 is 0. The zero-order chi connectivity index (χ0) is 7.89. The molecule has 0 radical (unpaired) electrons. The SMILES string of the molecule is CC1C(C)N(C)C(C)N1C.O. The average molecular weight is 160 g/mol. The number of hydrogen-bond donors (Lipinski definition) is 0. The van der Waals surface area contributed by atoms with E-state index in [-0.39, 0.29) is 5.48 Å². The van der Waals surface area contributed by atoms with Crippen LogP contribution in [0.5, 0.6) is 0 Å². The first-order valence-corrected chi connectivity index (χ1v) is 3.99. The van der Waals surface area contributed by atoms with E-state index in [1.807, 2.05) is 0 Å². The van der Waals surface area contributed by atoms with Gasteiger partial charge in [-0.2, -0.15) is 0 Å². The van der Waals surface area contributed by atoms with Gasteiger partial charge in [-0.1, -0.05) is 0 Å². The Labute approximate surface area is 69.3 Å². The molecule has 1 fully saturated rings. The van der Waals surface area contributed by atoms with Crippen molar-refractivity contribution in [1.29, 1.82) is 0 Å². The summed E-state index contributed by atoms with van der Waals surface area (Å²) in [6.07, 6.45) is 0.602. The molecule has 0 aromatic rings. The lowest BCUT2D eigenvalue weighted by atomic mass is 10.2. The Morgan fingerprint density at radius 2 is 1.09 bits per heavy atom. The van der Waals surface area contributed by atoms with Crippen LogP contribution in [0.1, 0.15) is 20.8 Å². The van der Waals surface area contributed by atoms with Crippen LogP contribution < -0.4 is 0 Å². The summed E-state index contributed by atoms with van der Waals surface area (Å²) in [7, 11) is 4.38. The van der Waals surface area contributed by atoms with E-state index in [0.717, 1.165) is 0 Å². The predicted molar refractivity (Wildman–Crippen MR) is 47.5 cm³/mol. The first-order valence-electron chi connectivity index (χ1n) is 3.99. The molecule has 1 saturated heterocycles. The zero-order valence-electron chi connectivity index (χ0n) is 8.13. The van der Waals surface area contributed by atoms with Crippen LogP contribution in [0.2, 0.25) is 0 Å². The lowest BCUT2D eigenvalue weighted by Crippen LogP contribution is -2.32. The topological polar surface area (TPSA) is 38.0 Å². The molecule has 2 unspecified atom stereocenters. The van der Waals surface area contributed by atoms with E-state index in [1.165, 1.54) is 0 Å². The van der Waals surface area contributed by atoms with E-state index in [1.54, 1.807) is 0 Å². The quantitative estimate of drug-likeness (QED) is 0.506. The average Bonchev–Trinajstić information content (AvgIpc) is 2.07. The van der Waals surface area contributed by atoms with E-state index in [2.05, 4.69) is 44.7 Å². The molecular weight excluding hydrogens is 140 g/mol. The van der Waals surface area contributed by atoms with Crippen molar-refractivity contribution in [3.63, 3.8) is 0 Å². The maximum atomic E-state index is 2.41. The van der Waals surface area contributed by atoms with Crippen molar-refractivity contribution in [3.8, 4) is 0 Å². The monoisotopic (exact) mass is 160 g/mol. The molecule has 0 aromatic carbocycles. The van der Waals surface area contributed by atoms with Crippen LogP contribution in [0.4, 0.5) is 0 Å². The first-order chi connectivity index (χ1) is 4.55. The second kappa shape index (κ2) is 3.52. The molecule has 1 aliphatic heterocycles. The van der Waals surface area contributed by atoms with E-state index in [4.69, 9.17) is 0 Å². The van der Waals surface area contributed by atoms with Crippen molar-refractivity contribution in [3.05, 3.63) is 0 Å². The Bertz CT molecular complexity index is 84.4. The van der Waals surface area contributed by atoms with Crippen LogP contribution in [0.3, 0.4) is 0 Å². The van der Waals surface area contributed by atoms with E-state index in [0.29, 0.717) is 18.2 Å². The molecule has 1 aliphatic rings. The Balaban J connectivity index is 0.000001000. The van der Waals surface area contributed by atoms with Gasteiger partial charge in [0.15, 0.2) is 0 Å². The Morgan fingerprint density at radius 3 is 1.18 bits per heavy atom. The molecule has 0 aliphatic carbocycles. The highest BCUT2D eigenvalue weighted by molar-refractivity contribution is 4.88. The summed E-state index contributed by atoms with van der Waals surface area (Å²) < 4.78 is 0. The van der Waals surface area contributed by atoms with Gasteiger partial charge >= 0.3 is 0 Å². The van der Waals surface area contributed by atoms with Gasteiger partial charge in [0.05, 0.1) is 6.17 Å². The maximum Gasteiger partial charge on any atom is 0.0594 e. The van der Waals surface area contributed by atoms with Gasteiger partial charge in [0, 0.05) is 12.1 Å². The second-order valence-corrected chi connectivity index (χ2v) is 3.44. The third-order valence-corrected chi connectivity index (χ3v) is 3.16. The molecule has 2 atom stereocenters. The molecule has 0 amide bonds. The Morgan fingerprint density at radius 1 is 0.818 bits per heavy atom. The van der Waals surface area contributed by atoms with Crippen LogP contribution in [0.25, 0.3) is 0 Å². The molecule has 68 valence electrons. The molecule has 2 N–H and O–H groups in total. The Hall–Kier alpha value is -0.120. The fourth-order valence-electron chi connectivity index (χ4n) is 1.65. The minimum absolute atomic E-state index is 0. The van der Waals surface area contributed by atoms with Gasteiger partial charge in [-0.05, 0) is 34.9 Å². The highest BCUT2D eigenvalue weighted by Crippen LogP contribution is 2.21. The first kappa shape index (κ1) is 10.9. The third kappa shape index (κ3) is 1.55. The minimum Gasteiger partial charge on any atom is -0.412 e. The summed E-state index contributed by atoms with van der Waals surface area (Å²) in [4.78, 5) is 4.81. The van der Waals surface area contributed by atoms with Gasteiger partial charge in [-0.25, -0.2) is 0 Å². The molecule has 1 heterocycles. The van der Waals surface area contributed by atoms with Crippen molar-refractivity contribution in [2.24, 2.45) is 0 Å². The fraction of sp³-hybridized carbons (Fsp3) is 1.00. The number of nitrogens with zero attached hydrogens (tertiary/aromatic N) is 2. The van der Waals surface area contributed by atoms with Crippen molar-refractivity contribution in [1.82, 2.24) is 9.80 Å². The maximum absolute atomic E-state index is 2.41. The van der Waals surface area contributed by atoms with Gasteiger partial charge < -0.3 is 5.48 Å². The predicted octanol–water partition coefficient (Wildman–Crippen LogP) is 0.162.